The van der Waals surface area contributed by atoms with E-state index in [9.17, 15) is 13.2 Å². The maximum atomic E-state index is 12.9. The molecule has 2 aromatic carbocycles. The second-order valence-corrected chi connectivity index (χ2v) is 9.25. The minimum absolute atomic E-state index is 0.165. The van der Waals surface area contributed by atoms with Crippen LogP contribution < -0.4 is 14.8 Å². The fourth-order valence-electron chi connectivity index (χ4n) is 3.59. The van der Waals surface area contributed by atoms with E-state index in [-0.39, 0.29) is 17.6 Å². The molecule has 2 aliphatic heterocycles. The molecule has 0 spiro atoms. The normalized spacial score (nSPS) is 16.6. The van der Waals surface area contributed by atoms with Gasteiger partial charge in [-0.1, -0.05) is 18.6 Å². The van der Waals surface area contributed by atoms with Crippen molar-refractivity contribution < 1.29 is 22.7 Å². The summed E-state index contributed by atoms with van der Waals surface area (Å²) in [6.07, 6.45) is 2.79. The number of hydrogen-bond acceptors (Lipinski definition) is 5. The Morgan fingerprint density at radius 1 is 1.03 bits per heavy atom. The molecule has 0 radical (unpaired) electrons. The summed E-state index contributed by atoms with van der Waals surface area (Å²) in [6.45, 7) is 3.36. The van der Waals surface area contributed by atoms with Crippen molar-refractivity contribution in [3.8, 4) is 11.5 Å². The summed E-state index contributed by atoms with van der Waals surface area (Å²) >= 11 is 0. The predicted octanol–water partition coefficient (Wildman–Crippen LogP) is 2.83. The van der Waals surface area contributed by atoms with E-state index in [1.165, 1.54) is 10.4 Å². The minimum Gasteiger partial charge on any atom is -0.454 e. The fourth-order valence-corrected chi connectivity index (χ4v) is 5.13. The zero-order valence-electron chi connectivity index (χ0n) is 16.3. The lowest BCUT2D eigenvalue weighted by Crippen LogP contribution is -2.35. The third-order valence-electron chi connectivity index (χ3n) is 5.30. The molecule has 154 valence electrons. The van der Waals surface area contributed by atoms with Gasteiger partial charge >= 0.3 is 0 Å². The van der Waals surface area contributed by atoms with Gasteiger partial charge in [-0.15, -0.1) is 0 Å². The molecule has 0 aromatic heterocycles. The number of piperidine rings is 1. The molecule has 0 saturated carbocycles. The van der Waals surface area contributed by atoms with Crippen molar-refractivity contribution >= 4 is 15.9 Å². The van der Waals surface area contributed by atoms with Crippen molar-refractivity contribution in [3.63, 3.8) is 0 Å². The Hall–Kier alpha value is -2.58. The number of rotatable bonds is 5. The number of benzene rings is 2. The average molecular weight is 416 g/mol. The Bertz CT molecular complexity index is 1030. The number of nitrogens with one attached hydrogen (secondary N) is 1. The van der Waals surface area contributed by atoms with E-state index in [2.05, 4.69) is 5.32 Å². The van der Waals surface area contributed by atoms with Crippen LogP contribution in [-0.2, 0) is 16.6 Å². The molecule has 1 amide bonds. The van der Waals surface area contributed by atoms with E-state index in [0.717, 1.165) is 30.4 Å². The molecule has 2 heterocycles. The van der Waals surface area contributed by atoms with Crippen LogP contribution in [0.1, 0.15) is 40.7 Å². The van der Waals surface area contributed by atoms with Crippen LogP contribution in [0, 0.1) is 6.92 Å². The first-order chi connectivity index (χ1) is 13.9. The lowest BCUT2D eigenvalue weighted by Gasteiger charge is -2.26. The number of nitrogens with zero attached hydrogens (tertiary/aromatic N) is 1. The maximum absolute atomic E-state index is 12.9. The second-order valence-electron chi connectivity index (χ2n) is 7.31. The van der Waals surface area contributed by atoms with Gasteiger partial charge in [-0.2, -0.15) is 4.31 Å². The van der Waals surface area contributed by atoms with Gasteiger partial charge in [-0.05, 0) is 55.2 Å². The molecular formula is C21H24N2O5S. The smallest absolute Gasteiger partial charge is 0.251 e. The first kappa shape index (κ1) is 19.7. The summed E-state index contributed by atoms with van der Waals surface area (Å²) in [5, 5.41) is 2.86. The van der Waals surface area contributed by atoms with Gasteiger partial charge in [-0.3, -0.25) is 4.79 Å². The SMILES string of the molecule is Cc1ccc(S(=O)(=O)N2CCCCC2)cc1C(=O)NCc1ccc2c(c1)OCO2. The van der Waals surface area contributed by atoms with Crippen molar-refractivity contribution in [3.05, 3.63) is 53.1 Å². The summed E-state index contributed by atoms with van der Waals surface area (Å²) in [6, 6.07) is 10.2. The number of amides is 1. The average Bonchev–Trinajstić information content (AvgIpc) is 3.20. The standard InChI is InChI=1S/C21H24N2O5S/c1-15-5-7-17(29(25,26)23-9-3-2-4-10-23)12-18(15)21(24)22-13-16-6-8-19-20(11-16)28-14-27-19/h5-8,11-12H,2-4,9-10,13-14H2,1H3,(H,22,24). The van der Waals surface area contributed by atoms with Crippen molar-refractivity contribution in [1.82, 2.24) is 9.62 Å². The molecule has 7 nitrogen and oxygen atoms in total. The number of hydrogen-bond donors (Lipinski definition) is 1. The van der Waals surface area contributed by atoms with Crippen LogP contribution in [0.3, 0.4) is 0 Å². The van der Waals surface area contributed by atoms with E-state index >= 15 is 0 Å². The fraction of sp³-hybridized carbons (Fsp3) is 0.381. The van der Waals surface area contributed by atoms with Gasteiger partial charge in [0.05, 0.1) is 4.90 Å². The summed E-state index contributed by atoms with van der Waals surface area (Å²) in [5.74, 6) is 1.03. The van der Waals surface area contributed by atoms with E-state index in [0.29, 0.717) is 36.7 Å². The van der Waals surface area contributed by atoms with Crippen LogP contribution >= 0.6 is 0 Å². The molecule has 8 heteroatoms. The zero-order chi connectivity index (χ0) is 20.4. The molecular weight excluding hydrogens is 392 g/mol. The quantitative estimate of drug-likeness (QED) is 0.810. The third-order valence-corrected chi connectivity index (χ3v) is 7.19. The Kier molecular flexibility index (Phi) is 5.47. The molecule has 0 unspecified atom stereocenters. The summed E-state index contributed by atoms with van der Waals surface area (Å²) in [5.41, 5.74) is 1.96. The van der Waals surface area contributed by atoms with Gasteiger partial charge in [0.15, 0.2) is 11.5 Å². The molecule has 1 N–H and O–H groups in total. The Morgan fingerprint density at radius 2 is 1.79 bits per heavy atom. The van der Waals surface area contributed by atoms with Gasteiger partial charge in [0.2, 0.25) is 16.8 Å². The lowest BCUT2D eigenvalue weighted by atomic mass is 10.1. The molecule has 0 aliphatic carbocycles. The van der Waals surface area contributed by atoms with Crippen LogP contribution in [0.4, 0.5) is 0 Å². The first-order valence-corrected chi connectivity index (χ1v) is 11.2. The summed E-state index contributed by atoms with van der Waals surface area (Å²) in [4.78, 5) is 12.9. The number of fused-ring (bicyclic) bond motifs is 1. The lowest BCUT2D eigenvalue weighted by molar-refractivity contribution is 0.0950. The summed E-state index contributed by atoms with van der Waals surface area (Å²) < 4.78 is 38.0. The molecule has 0 atom stereocenters. The number of aryl methyl sites for hydroxylation is 1. The highest BCUT2D eigenvalue weighted by Gasteiger charge is 2.27. The molecule has 1 saturated heterocycles. The van der Waals surface area contributed by atoms with Crippen LogP contribution in [0.25, 0.3) is 0 Å². The largest absolute Gasteiger partial charge is 0.454 e. The van der Waals surface area contributed by atoms with Gasteiger partial charge in [-0.25, -0.2) is 8.42 Å². The van der Waals surface area contributed by atoms with E-state index in [1.54, 1.807) is 25.1 Å². The Morgan fingerprint density at radius 3 is 2.59 bits per heavy atom. The van der Waals surface area contributed by atoms with Gasteiger partial charge in [0.1, 0.15) is 0 Å². The van der Waals surface area contributed by atoms with Gasteiger partial charge in [0, 0.05) is 25.2 Å². The van der Waals surface area contributed by atoms with Crippen molar-refractivity contribution in [2.75, 3.05) is 19.9 Å². The van der Waals surface area contributed by atoms with Crippen LogP contribution in [-0.4, -0.2) is 38.5 Å². The molecule has 29 heavy (non-hydrogen) atoms. The van der Waals surface area contributed by atoms with Crippen molar-refractivity contribution in [2.45, 2.75) is 37.6 Å². The molecule has 0 bridgehead atoms. The van der Waals surface area contributed by atoms with Crippen LogP contribution in [0.15, 0.2) is 41.3 Å². The van der Waals surface area contributed by atoms with Gasteiger partial charge < -0.3 is 14.8 Å². The Balaban J connectivity index is 1.50. The number of carbonyl (C=O) groups excluding carboxylic acids is 1. The molecule has 2 aromatic rings. The zero-order valence-corrected chi connectivity index (χ0v) is 17.1. The Labute approximate surface area is 170 Å². The second kappa shape index (κ2) is 8.04. The predicted molar refractivity (Wildman–Crippen MR) is 108 cm³/mol. The maximum Gasteiger partial charge on any atom is 0.251 e. The molecule has 1 fully saturated rings. The first-order valence-electron chi connectivity index (χ1n) is 9.73. The third kappa shape index (κ3) is 4.09. The highest BCUT2D eigenvalue weighted by molar-refractivity contribution is 7.89. The van der Waals surface area contributed by atoms with Crippen molar-refractivity contribution in [1.29, 1.82) is 0 Å². The monoisotopic (exact) mass is 416 g/mol. The minimum atomic E-state index is -3.59. The number of ether oxygens (including phenoxy) is 2. The van der Waals surface area contributed by atoms with E-state index in [4.69, 9.17) is 9.47 Å². The van der Waals surface area contributed by atoms with Gasteiger partial charge in [0.25, 0.3) is 5.91 Å². The molecule has 4 rings (SSSR count). The highest BCUT2D eigenvalue weighted by Crippen LogP contribution is 2.32. The summed E-state index contributed by atoms with van der Waals surface area (Å²) in [7, 11) is -3.59. The van der Waals surface area contributed by atoms with E-state index < -0.39 is 10.0 Å². The van der Waals surface area contributed by atoms with E-state index in [1.807, 2.05) is 12.1 Å². The highest BCUT2D eigenvalue weighted by atomic mass is 32.2. The number of sulfonamides is 1. The number of carbonyl (C=O) groups is 1. The van der Waals surface area contributed by atoms with Crippen LogP contribution in [0.2, 0.25) is 0 Å². The topological polar surface area (TPSA) is 84.9 Å². The molecule has 2 aliphatic rings. The van der Waals surface area contributed by atoms with Crippen molar-refractivity contribution in [2.24, 2.45) is 0 Å². The van der Waals surface area contributed by atoms with Crippen LogP contribution in [0.5, 0.6) is 11.5 Å².